The van der Waals surface area contributed by atoms with Crippen molar-refractivity contribution in [2.75, 3.05) is 0 Å². The maximum Gasteiger partial charge on any atom is 1.00 e. The number of nitrogens with one attached hydrogen (secondary N) is 1. The van der Waals surface area contributed by atoms with Gasteiger partial charge < -0.3 is 19.9 Å². The first-order chi connectivity index (χ1) is 19.8. The summed E-state index contributed by atoms with van der Waals surface area (Å²) in [6, 6.07) is 32.0. The Labute approximate surface area is 248 Å². The van der Waals surface area contributed by atoms with Crippen molar-refractivity contribution >= 4 is 44.1 Å². The van der Waals surface area contributed by atoms with E-state index >= 15 is 0 Å². The number of nitrogens with zero attached hydrogens (tertiary/aromatic N) is 7. The molecule has 8 bridgehead atoms. The van der Waals surface area contributed by atoms with Gasteiger partial charge in [0.05, 0.1) is 11.6 Å². The van der Waals surface area contributed by atoms with E-state index < -0.39 is 0 Å². The normalized spacial score (nSPS) is 11.7. The summed E-state index contributed by atoms with van der Waals surface area (Å²) in [7, 11) is 0. The third kappa shape index (κ3) is 3.59. The average molecular weight is 621 g/mol. The molecule has 8 nitrogen and oxygen atoms in total. The predicted octanol–water partition coefficient (Wildman–Crippen LogP) is 6.50. The summed E-state index contributed by atoms with van der Waals surface area (Å²) in [6.45, 7) is 0. The molecule has 9 heteroatoms. The van der Waals surface area contributed by atoms with Gasteiger partial charge in [-0.05, 0) is 10.8 Å². The number of benzene rings is 4. The molecule has 0 spiro atoms. The molecule has 3 aromatic heterocycles. The minimum atomic E-state index is 0. The molecular formula is C32H17AgN8. The Morgan fingerprint density at radius 1 is 0.390 bits per heavy atom. The van der Waals surface area contributed by atoms with Gasteiger partial charge in [-0.25, -0.2) is 19.9 Å². The molecule has 0 atom stereocenters. The molecule has 1 N–H and O–H groups in total. The second kappa shape index (κ2) is 9.00. The van der Waals surface area contributed by atoms with Crippen LogP contribution in [0.25, 0.3) is 89.7 Å². The summed E-state index contributed by atoms with van der Waals surface area (Å²) in [6.07, 6.45) is 0. The Balaban J connectivity index is 0.00000256. The molecule has 0 aliphatic carbocycles. The van der Waals surface area contributed by atoms with Crippen LogP contribution in [0.2, 0.25) is 0 Å². The van der Waals surface area contributed by atoms with Gasteiger partial charge in [-0.15, -0.1) is 0 Å². The molecule has 0 radical (unpaired) electrons. The van der Waals surface area contributed by atoms with Crippen molar-refractivity contribution in [3.8, 4) is 45.6 Å². The summed E-state index contributed by atoms with van der Waals surface area (Å²) in [4.78, 5) is 38.0. The fraction of sp³-hybridized carbons (Fsp3) is 0. The topological polar surface area (TPSA) is 107 Å². The predicted molar refractivity (Wildman–Crippen MR) is 155 cm³/mol. The number of hydrogen-bond donors (Lipinski definition) is 1. The van der Waals surface area contributed by atoms with Crippen molar-refractivity contribution in [3.63, 3.8) is 0 Å². The largest absolute Gasteiger partial charge is 1.00 e. The molecule has 5 heterocycles. The third-order valence-electron chi connectivity index (χ3n) is 7.40. The molecule has 4 aromatic carbocycles. The molecule has 2 aliphatic rings. The molecule has 0 fully saturated rings. The molecule has 0 saturated carbocycles. The summed E-state index contributed by atoms with van der Waals surface area (Å²) >= 11 is 0. The van der Waals surface area contributed by atoms with Crippen LogP contribution in [0.15, 0.2) is 97.1 Å². The number of hydrogen-bond acceptors (Lipinski definition) is 6. The molecule has 0 amide bonds. The van der Waals surface area contributed by atoms with Crippen molar-refractivity contribution in [2.45, 2.75) is 0 Å². The number of rotatable bonds is 0. The molecule has 0 saturated heterocycles. The van der Waals surface area contributed by atoms with E-state index in [0.29, 0.717) is 45.9 Å². The maximum absolute atomic E-state index is 5.00. The quantitative estimate of drug-likeness (QED) is 0.193. The zero-order valence-corrected chi connectivity index (χ0v) is 22.7. The van der Waals surface area contributed by atoms with Crippen molar-refractivity contribution in [1.82, 2.24) is 39.9 Å². The van der Waals surface area contributed by atoms with E-state index in [9.17, 15) is 0 Å². The zero-order valence-electron chi connectivity index (χ0n) is 21.2. The molecule has 7 aromatic rings. The van der Waals surface area contributed by atoms with Crippen LogP contribution in [0, 0.1) is 0 Å². The fourth-order valence-electron chi connectivity index (χ4n) is 5.52. The van der Waals surface area contributed by atoms with Crippen LogP contribution < -0.4 is 4.98 Å². The van der Waals surface area contributed by atoms with E-state index in [1.54, 1.807) is 0 Å². The fourth-order valence-corrected chi connectivity index (χ4v) is 5.52. The minimum Gasteiger partial charge on any atom is -0.357 e. The number of fused-ring (bicyclic) bond motifs is 20. The Hall–Kier alpha value is -5.02. The van der Waals surface area contributed by atoms with E-state index in [1.165, 1.54) is 0 Å². The standard InChI is InChI=1S/C32H17N8.Ag/c1-2-10-18-17(9-1)25-33-26(18)38-28-21-13-5-6-14-22(21)30(35-28)40-32-24-16-8-7-15-23(24)31(36-32)39-29-20-12-4-3-11-19(20)27(34-29)37-25;/h1-16H,(H-,33,34,35,36,37,38,39,40);/q-1;+1. The summed E-state index contributed by atoms with van der Waals surface area (Å²) < 4.78 is 0. The van der Waals surface area contributed by atoms with Crippen LogP contribution in [0.1, 0.15) is 0 Å². The van der Waals surface area contributed by atoms with Gasteiger partial charge in [-0.2, -0.15) is 0 Å². The van der Waals surface area contributed by atoms with Crippen LogP contribution in [0.5, 0.6) is 0 Å². The molecule has 196 valence electrons. The second-order valence-electron chi connectivity index (χ2n) is 9.73. The smallest absolute Gasteiger partial charge is 0.357 e. The van der Waals surface area contributed by atoms with E-state index in [1.807, 2.05) is 97.1 Å². The molecular weight excluding hydrogens is 604 g/mol. The summed E-state index contributed by atoms with van der Waals surface area (Å²) in [5, 5.41) is 3.70. The maximum atomic E-state index is 5.00. The van der Waals surface area contributed by atoms with E-state index in [-0.39, 0.29) is 22.4 Å². The Bertz CT molecular complexity index is 2030. The van der Waals surface area contributed by atoms with Gasteiger partial charge in [0.1, 0.15) is 11.3 Å². The first-order valence-corrected chi connectivity index (χ1v) is 12.9. The van der Waals surface area contributed by atoms with E-state index in [2.05, 4.69) is 4.98 Å². The monoisotopic (exact) mass is 620 g/mol. The van der Waals surface area contributed by atoms with E-state index in [4.69, 9.17) is 34.9 Å². The van der Waals surface area contributed by atoms with Crippen LogP contribution >= 0.6 is 0 Å². The average Bonchev–Trinajstić information content (AvgIpc) is 3.73. The van der Waals surface area contributed by atoms with Gasteiger partial charge in [0.15, 0.2) is 11.6 Å². The van der Waals surface area contributed by atoms with Gasteiger partial charge in [0, 0.05) is 44.3 Å². The molecule has 0 unspecified atom stereocenters. The molecule has 41 heavy (non-hydrogen) atoms. The number of H-pyrrole nitrogens is 1. The Kier molecular flexibility index (Phi) is 5.23. The second-order valence-corrected chi connectivity index (χ2v) is 9.73. The number of aromatic nitrogens is 8. The van der Waals surface area contributed by atoms with Crippen LogP contribution in [-0.4, -0.2) is 34.9 Å². The van der Waals surface area contributed by atoms with Crippen molar-refractivity contribution in [1.29, 1.82) is 0 Å². The van der Waals surface area contributed by atoms with Crippen molar-refractivity contribution in [2.24, 2.45) is 0 Å². The summed E-state index contributed by atoms with van der Waals surface area (Å²) in [5.74, 6) is 2.30. The van der Waals surface area contributed by atoms with Gasteiger partial charge >= 0.3 is 22.4 Å². The van der Waals surface area contributed by atoms with Crippen LogP contribution in [0.3, 0.4) is 0 Å². The first-order valence-electron chi connectivity index (χ1n) is 12.9. The van der Waals surface area contributed by atoms with Gasteiger partial charge in [0.25, 0.3) is 0 Å². The Morgan fingerprint density at radius 3 is 1.15 bits per heavy atom. The minimum absolute atomic E-state index is 0. The van der Waals surface area contributed by atoms with Gasteiger partial charge in [-0.1, -0.05) is 97.1 Å². The zero-order chi connectivity index (χ0) is 26.2. The number of aromatic amines is 1. The SMILES string of the molecule is [Ag+].c1ccc2c(c1)-c1nc-2nc2[nH]c(nc3nc(nc4[n-]c(n1)c1ccccc41)-c1ccccc1-3)c1ccccc21. The van der Waals surface area contributed by atoms with Gasteiger partial charge in [-0.3, -0.25) is 0 Å². The molecule has 2 aliphatic heterocycles. The third-order valence-corrected chi connectivity index (χ3v) is 7.40. The first kappa shape index (κ1) is 23.8. The molecule has 9 rings (SSSR count). The van der Waals surface area contributed by atoms with Gasteiger partial charge in [0.2, 0.25) is 0 Å². The van der Waals surface area contributed by atoms with Crippen molar-refractivity contribution in [3.05, 3.63) is 97.1 Å². The summed E-state index contributed by atoms with van der Waals surface area (Å²) in [5.41, 5.74) is 6.11. The Morgan fingerprint density at radius 2 is 0.732 bits per heavy atom. The van der Waals surface area contributed by atoms with Crippen molar-refractivity contribution < 1.29 is 22.4 Å². The van der Waals surface area contributed by atoms with Crippen LogP contribution in [-0.2, 0) is 22.4 Å². The van der Waals surface area contributed by atoms with E-state index in [0.717, 1.165) is 43.8 Å². The van der Waals surface area contributed by atoms with Crippen LogP contribution in [0.4, 0.5) is 0 Å².